The first-order chi connectivity index (χ1) is 10.5. The largest absolute Gasteiger partial charge is 0.358 e. The molecule has 1 aliphatic heterocycles. The third kappa shape index (κ3) is 2.58. The summed E-state index contributed by atoms with van der Waals surface area (Å²) in [5.74, 6) is 0.251. The zero-order valence-corrected chi connectivity index (χ0v) is 14.1. The Balaban J connectivity index is 1.96. The second-order valence-corrected chi connectivity index (χ2v) is 6.80. The van der Waals surface area contributed by atoms with Crippen LogP contribution in [-0.2, 0) is 0 Å². The molecule has 1 aliphatic rings. The molecular weight excluding hydrogens is 272 g/mol. The van der Waals surface area contributed by atoms with Crippen molar-refractivity contribution in [2.24, 2.45) is 0 Å². The Morgan fingerprint density at radius 2 is 2.09 bits per heavy atom. The molecule has 3 heteroatoms. The van der Waals surface area contributed by atoms with Crippen molar-refractivity contribution in [2.45, 2.75) is 59.0 Å². The Labute approximate surface area is 132 Å². The van der Waals surface area contributed by atoms with Gasteiger partial charge >= 0.3 is 0 Å². The number of carbonyl (C=O) groups is 1. The number of aryl methyl sites for hydroxylation is 2. The van der Waals surface area contributed by atoms with Crippen molar-refractivity contribution in [3.05, 3.63) is 35.0 Å². The van der Waals surface area contributed by atoms with Crippen LogP contribution in [-0.4, -0.2) is 34.3 Å². The first-order valence-electron chi connectivity index (χ1n) is 8.38. The lowest BCUT2D eigenvalue weighted by atomic mass is 9.96. The number of piperidine rings is 1. The minimum absolute atomic E-state index is 0.0469. The zero-order chi connectivity index (χ0) is 15.9. The van der Waals surface area contributed by atoms with E-state index < -0.39 is 0 Å². The fourth-order valence-electron chi connectivity index (χ4n) is 3.82. The molecular formula is C19H26N2O. The van der Waals surface area contributed by atoms with E-state index in [0.717, 1.165) is 28.7 Å². The summed E-state index contributed by atoms with van der Waals surface area (Å²) in [5, 5.41) is 1.06. The van der Waals surface area contributed by atoms with Gasteiger partial charge in [0.25, 0.3) is 0 Å². The van der Waals surface area contributed by atoms with Crippen molar-refractivity contribution in [1.82, 2.24) is 9.88 Å². The third-order valence-corrected chi connectivity index (χ3v) is 5.12. The molecule has 118 valence electrons. The van der Waals surface area contributed by atoms with Crippen LogP contribution in [0.3, 0.4) is 0 Å². The number of likely N-dealkylation sites (tertiary alicyclic amines) is 1. The van der Waals surface area contributed by atoms with Gasteiger partial charge in [-0.05, 0) is 58.7 Å². The zero-order valence-electron chi connectivity index (χ0n) is 14.1. The summed E-state index contributed by atoms with van der Waals surface area (Å²) in [6.07, 6.45) is 3.68. The van der Waals surface area contributed by atoms with Crippen LogP contribution in [0.5, 0.6) is 0 Å². The summed E-state index contributed by atoms with van der Waals surface area (Å²) in [7, 11) is 0. The maximum atomic E-state index is 13.1. The standard InChI is InChI=1S/C19H26N2O/c1-12-8-9-16-17(11-12)20-14(3)18(16)19(22)15(4)21-10-6-5-7-13(21)2/h8-9,11,13,15,20H,5-7,10H2,1-4H3/t13-,15+/m0/s1. The molecule has 1 aromatic carbocycles. The number of fused-ring (bicyclic) bond motifs is 1. The first-order valence-corrected chi connectivity index (χ1v) is 8.38. The molecule has 22 heavy (non-hydrogen) atoms. The van der Waals surface area contributed by atoms with Crippen LogP contribution >= 0.6 is 0 Å². The molecule has 0 bridgehead atoms. The van der Waals surface area contributed by atoms with E-state index in [-0.39, 0.29) is 11.8 Å². The van der Waals surface area contributed by atoms with E-state index in [1.54, 1.807) is 0 Å². The molecule has 0 spiro atoms. The summed E-state index contributed by atoms with van der Waals surface area (Å²) in [5.41, 5.74) is 4.15. The lowest BCUT2D eigenvalue weighted by molar-refractivity contribution is 0.0702. The number of aromatic nitrogens is 1. The van der Waals surface area contributed by atoms with Gasteiger partial charge in [-0.2, -0.15) is 0 Å². The van der Waals surface area contributed by atoms with Gasteiger partial charge in [0.15, 0.2) is 5.78 Å². The molecule has 1 saturated heterocycles. The Bertz CT molecular complexity index is 701. The average Bonchev–Trinajstić information content (AvgIpc) is 2.81. The van der Waals surface area contributed by atoms with Crippen LogP contribution in [0.4, 0.5) is 0 Å². The molecule has 3 rings (SSSR count). The molecule has 0 aliphatic carbocycles. The summed E-state index contributed by atoms with van der Waals surface area (Å²) >= 11 is 0. The van der Waals surface area contributed by atoms with Gasteiger partial charge in [0.2, 0.25) is 0 Å². The number of aromatic amines is 1. The lowest BCUT2D eigenvalue weighted by Crippen LogP contribution is -2.47. The molecule has 2 heterocycles. The smallest absolute Gasteiger partial charge is 0.182 e. The van der Waals surface area contributed by atoms with Crippen LogP contribution in [0.15, 0.2) is 18.2 Å². The normalized spacial score (nSPS) is 21.2. The number of nitrogens with one attached hydrogen (secondary N) is 1. The molecule has 1 aromatic heterocycles. The minimum atomic E-state index is -0.0469. The van der Waals surface area contributed by atoms with Crippen molar-refractivity contribution < 1.29 is 4.79 Å². The van der Waals surface area contributed by atoms with Crippen molar-refractivity contribution in [2.75, 3.05) is 6.54 Å². The van der Waals surface area contributed by atoms with Crippen molar-refractivity contribution >= 4 is 16.7 Å². The molecule has 0 unspecified atom stereocenters. The number of hydrogen-bond donors (Lipinski definition) is 1. The lowest BCUT2D eigenvalue weighted by Gasteiger charge is -2.37. The molecule has 1 N–H and O–H groups in total. The SMILES string of the molecule is Cc1ccc2c(C(=O)[C@@H](C)N3CCCC[C@@H]3C)c(C)[nH]c2c1. The summed E-state index contributed by atoms with van der Waals surface area (Å²) in [6.45, 7) is 9.43. The van der Waals surface area contributed by atoms with Crippen LogP contribution in [0.1, 0.15) is 54.7 Å². The molecule has 2 atom stereocenters. The predicted octanol–water partition coefficient (Wildman–Crippen LogP) is 4.23. The van der Waals surface area contributed by atoms with Gasteiger partial charge in [0, 0.05) is 28.2 Å². The Morgan fingerprint density at radius 3 is 2.82 bits per heavy atom. The number of Topliss-reactive ketones (excluding diaryl/α,β-unsaturated/α-hetero) is 1. The molecule has 2 aromatic rings. The molecule has 0 saturated carbocycles. The summed E-state index contributed by atoms with van der Waals surface area (Å²) < 4.78 is 0. The van der Waals surface area contributed by atoms with Crippen molar-refractivity contribution in [3.8, 4) is 0 Å². The number of nitrogens with zero attached hydrogens (tertiary/aromatic N) is 1. The predicted molar refractivity (Wildman–Crippen MR) is 91.6 cm³/mol. The Hall–Kier alpha value is -1.61. The second kappa shape index (κ2) is 5.88. The van der Waals surface area contributed by atoms with E-state index in [2.05, 4.69) is 48.9 Å². The highest BCUT2D eigenvalue weighted by Crippen LogP contribution is 2.27. The van der Waals surface area contributed by atoms with Gasteiger partial charge in [0.1, 0.15) is 0 Å². The van der Waals surface area contributed by atoms with Gasteiger partial charge in [-0.1, -0.05) is 18.6 Å². The number of benzene rings is 1. The van der Waals surface area contributed by atoms with Crippen molar-refractivity contribution in [3.63, 3.8) is 0 Å². The fourth-order valence-corrected chi connectivity index (χ4v) is 3.82. The highest BCUT2D eigenvalue weighted by Gasteiger charge is 2.30. The van der Waals surface area contributed by atoms with E-state index in [1.165, 1.54) is 24.8 Å². The monoisotopic (exact) mass is 298 g/mol. The maximum Gasteiger partial charge on any atom is 0.182 e. The Morgan fingerprint density at radius 1 is 1.32 bits per heavy atom. The van der Waals surface area contributed by atoms with Crippen LogP contribution in [0.25, 0.3) is 10.9 Å². The molecule has 1 fully saturated rings. The number of carbonyl (C=O) groups excluding carboxylic acids is 1. The Kier molecular flexibility index (Phi) is 4.09. The second-order valence-electron chi connectivity index (χ2n) is 6.80. The highest BCUT2D eigenvalue weighted by atomic mass is 16.1. The van der Waals surface area contributed by atoms with Gasteiger partial charge in [-0.15, -0.1) is 0 Å². The van der Waals surface area contributed by atoms with E-state index in [9.17, 15) is 4.79 Å². The quantitative estimate of drug-likeness (QED) is 0.861. The van der Waals surface area contributed by atoms with Gasteiger partial charge in [0.05, 0.1) is 6.04 Å². The van der Waals surface area contributed by atoms with E-state index in [0.29, 0.717) is 6.04 Å². The molecule has 0 amide bonds. The van der Waals surface area contributed by atoms with Crippen molar-refractivity contribution in [1.29, 1.82) is 0 Å². The summed E-state index contributed by atoms with van der Waals surface area (Å²) in [4.78, 5) is 18.9. The average molecular weight is 298 g/mol. The van der Waals surface area contributed by atoms with Crippen LogP contribution in [0, 0.1) is 13.8 Å². The minimum Gasteiger partial charge on any atom is -0.358 e. The molecule has 3 nitrogen and oxygen atoms in total. The van der Waals surface area contributed by atoms with Gasteiger partial charge in [-0.3, -0.25) is 9.69 Å². The molecule has 0 radical (unpaired) electrons. The van der Waals surface area contributed by atoms with E-state index >= 15 is 0 Å². The van der Waals surface area contributed by atoms with E-state index in [1.807, 2.05) is 6.92 Å². The highest BCUT2D eigenvalue weighted by molar-refractivity contribution is 6.11. The third-order valence-electron chi connectivity index (χ3n) is 5.12. The van der Waals surface area contributed by atoms with Gasteiger partial charge in [-0.25, -0.2) is 0 Å². The fraction of sp³-hybridized carbons (Fsp3) is 0.526. The number of H-pyrrole nitrogens is 1. The topological polar surface area (TPSA) is 36.1 Å². The van der Waals surface area contributed by atoms with Crippen LogP contribution in [0.2, 0.25) is 0 Å². The first kappa shape index (κ1) is 15.3. The van der Waals surface area contributed by atoms with Gasteiger partial charge < -0.3 is 4.98 Å². The maximum absolute atomic E-state index is 13.1. The van der Waals surface area contributed by atoms with E-state index in [4.69, 9.17) is 0 Å². The van der Waals surface area contributed by atoms with Crippen LogP contribution < -0.4 is 0 Å². The number of rotatable bonds is 3. The summed E-state index contributed by atoms with van der Waals surface area (Å²) in [6, 6.07) is 6.73. The number of hydrogen-bond acceptors (Lipinski definition) is 2. The number of ketones is 1.